The van der Waals surface area contributed by atoms with Crippen molar-refractivity contribution in [1.82, 2.24) is 9.80 Å². The summed E-state index contributed by atoms with van der Waals surface area (Å²) in [6, 6.07) is 11.2. The number of carbonyl (C=O) groups excluding carboxylic acids is 2. The minimum Gasteiger partial charge on any atom is -0.335 e. The Labute approximate surface area is 145 Å². The molecule has 2 amide bonds. The lowest BCUT2D eigenvalue weighted by atomic mass is 10.1. The fourth-order valence-electron chi connectivity index (χ4n) is 2.78. The molecule has 0 atom stereocenters. The first-order chi connectivity index (χ1) is 11.6. The standard InChI is InChI=1S/C18H21N3O2S/c1-13-2-7-16(24-13)18(23)21-10-8-20(9-11-21)17(22)15-5-3-14(12-19)4-6-15/h2-7H,8-12,19H2,1H3. The molecule has 3 rings (SSSR count). The predicted molar refractivity (Wildman–Crippen MR) is 95.2 cm³/mol. The van der Waals surface area contributed by atoms with Gasteiger partial charge in [0.15, 0.2) is 0 Å². The van der Waals surface area contributed by atoms with Crippen molar-refractivity contribution in [2.75, 3.05) is 26.2 Å². The Hall–Kier alpha value is -2.18. The van der Waals surface area contributed by atoms with E-state index in [9.17, 15) is 9.59 Å². The van der Waals surface area contributed by atoms with E-state index < -0.39 is 0 Å². The van der Waals surface area contributed by atoms with E-state index in [1.165, 1.54) is 11.3 Å². The number of benzene rings is 1. The summed E-state index contributed by atoms with van der Waals surface area (Å²) in [5.41, 5.74) is 7.25. The van der Waals surface area contributed by atoms with Crippen LogP contribution in [0.4, 0.5) is 0 Å². The third-order valence-corrected chi connectivity index (χ3v) is 5.23. The molecule has 0 radical (unpaired) electrons. The quantitative estimate of drug-likeness (QED) is 0.928. The minimum absolute atomic E-state index is 0.0117. The van der Waals surface area contributed by atoms with Crippen LogP contribution in [0.1, 0.15) is 30.5 Å². The maximum atomic E-state index is 12.5. The zero-order chi connectivity index (χ0) is 17.1. The van der Waals surface area contributed by atoms with Crippen LogP contribution in [0.2, 0.25) is 0 Å². The number of nitrogens with two attached hydrogens (primary N) is 1. The zero-order valence-electron chi connectivity index (χ0n) is 13.7. The Morgan fingerprint density at radius 3 is 2.04 bits per heavy atom. The topological polar surface area (TPSA) is 66.6 Å². The number of thiophene rings is 1. The molecule has 0 bridgehead atoms. The molecule has 2 heterocycles. The van der Waals surface area contributed by atoms with Crippen molar-refractivity contribution in [3.63, 3.8) is 0 Å². The van der Waals surface area contributed by atoms with Crippen molar-refractivity contribution in [1.29, 1.82) is 0 Å². The lowest BCUT2D eigenvalue weighted by molar-refractivity contribution is 0.0538. The van der Waals surface area contributed by atoms with Crippen LogP contribution in [-0.4, -0.2) is 47.8 Å². The van der Waals surface area contributed by atoms with Crippen molar-refractivity contribution in [3.8, 4) is 0 Å². The lowest BCUT2D eigenvalue weighted by Crippen LogP contribution is -2.50. The van der Waals surface area contributed by atoms with E-state index in [-0.39, 0.29) is 11.8 Å². The van der Waals surface area contributed by atoms with Gasteiger partial charge in [0.2, 0.25) is 0 Å². The Morgan fingerprint density at radius 2 is 1.54 bits per heavy atom. The van der Waals surface area contributed by atoms with Gasteiger partial charge in [-0.3, -0.25) is 9.59 Å². The van der Waals surface area contributed by atoms with Crippen LogP contribution in [0.15, 0.2) is 36.4 Å². The van der Waals surface area contributed by atoms with E-state index in [0.29, 0.717) is 38.3 Å². The third kappa shape index (κ3) is 3.49. The number of hydrogen-bond donors (Lipinski definition) is 1. The zero-order valence-corrected chi connectivity index (χ0v) is 14.5. The lowest BCUT2D eigenvalue weighted by Gasteiger charge is -2.34. The average Bonchev–Trinajstić information content (AvgIpc) is 3.07. The highest BCUT2D eigenvalue weighted by Gasteiger charge is 2.26. The highest BCUT2D eigenvalue weighted by molar-refractivity contribution is 7.13. The Balaban J connectivity index is 1.59. The number of piperazine rings is 1. The van der Waals surface area contributed by atoms with Gasteiger partial charge in [0.05, 0.1) is 4.88 Å². The first-order valence-corrected chi connectivity index (χ1v) is 8.84. The van der Waals surface area contributed by atoms with Gasteiger partial charge in [0, 0.05) is 43.2 Å². The first-order valence-electron chi connectivity index (χ1n) is 8.02. The van der Waals surface area contributed by atoms with Crippen molar-refractivity contribution in [2.24, 2.45) is 5.73 Å². The van der Waals surface area contributed by atoms with Gasteiger partial charge < -0.3 is 15.5 Å². The Kier molecular flexibility index (Phi) is 4.97. The minimum atomic E-state index is 0.0117. The summed E-state index contributed by atoms with van der Waals surface area (Å²) < 4.78 is 0. The summed E-state index contributed by atoms with van der Waals surface area (Å²) in [7, 11) is 0. The van der Waals surface area contributed by atoms with Crippen LogP contribution in [0.5, 0.6) is 0 Å². The molecule has 1 aromatic heterocycles. The van der Waals surface area contributed by atoms with Gasteiger partial charge in [-0.1, -0.05) is 12.1 Å². The monoisotopic (exact) mass is 343 g/mol. The number of amides is 2. The molecule has 1 saturated heterocycles. The number of nitrogens with zero attached hydrogens (tertiary/aromatic N) is 2. The smallest absolute Gasteiger partial charge is 0.264 e. The number of hydrogen-bond acceptors (Lipinski definition) is 4. The fourth-order valence-corrected chi connectivity index (χ4v) is 3.62. The largest absolute Gasteiger partial charge is 0.335 e. The van der Waals surface area contributed by atoms with Crippen LogP contribution in [0.25, 0.3) is 0 Å². The molecule has 0 aliphatic carbocycles. The second kappa shape index (κ2) is 7.15. The van der Waals surface area contributed by atoms with E-state index in [4.69, 9.17) is 5.73 Å². The normalized spacial score (nSPS) is 14.8. The van der Waals surface area contributed by atoms with Crippen molar-refractivity contribution >= 4 is 23.2 Å². The van der Waals surface area contributed by atoms with Crippen LogP contribution in [-0.2, 0) is 6.54 Å². The molecule has 2 N–H and O–H groups in total. The van der Waals surface area contributed by atoms with Gasteiger partial charge in [-0.05, 0) is 36.8 Å². The molecular weight excluding hydrogens is 322 g/mol. The molecule has 0 spiro atoms. The Morgan fingerprint density at radius 1 is 0.958 bits per heavy atom. The van der Waals surface area contributed by atoms with Gasteiger partial charge in [-0.2, -0.15) is 0 Å². The molecular formula is C18H21N3O2S. The predicted octanol–water partition coefficient (Wildman–Crippen LogP) is 2.11. The SMILES string of the molecule is Cc1ccc(C(=O)N2CCN(C(=O)c3ccc(CN)cc3)CC2)s1. The number of carbonyl (C=O) groups is 2. The average molecular weight is 343 g/mol. The van der Waals surface area contributed by atoms with E-state index in [2.05, 4.69) is 0 Å². The van der Waals surface area contributed by atoms with E-state index in [1.54, 1.807) is 4.90 Å². The number of rotatable bonds is 3. The highest BCUT2D eigenvalue weighted by Crippen LogP contribution is 2.18. The molecule has 1 aliphatic rings. The van der Waals surface area contributed by atoms with E-state index >= 15 is 0 Å². The third-order valence-electron chi connectivity index (χ3n) is 4.24. The van der Waals surface area contributed by atoms with Crippen LogP contribution >= 0.6 is 11.3 Å². The summed E-state index contributed by atoms with van der Waals surface area (Å²) in [6.45, 7) is 4.73. The van der Waals surface area contributed by atoms with Gasteiger partial charge in [-0.15, -0.1) is 11.3 Å². The maximum absolute atomic E-state index is 12.5. The second-order valence-electron chi connectivity index (χ2n) is 5.90. The van der Waals surface area contributed by atoms with Crippen molar-refractivity contribution in [3.05, 3.63) is 57.3 Å². The molecule has 0 unspecified atom stereocenters. The van der Waals surface area contributed by atoms with E-state index in [0.717, 1.165) is 15.3 Å². The molecule has 6 heteroatoms. The molecule has 126 valence electrons. The van der Waals surface area contributed by atoms with Crippen molar-refractivity contribution in [2.45, 2.75) is 13.5 Å². The first kappa shape index (κ1) is 16.7. The van der Waals surface area contributed by atoms with Crippen LogP contribution in [0.3, 0.4) is 0 Å². The summed E-state index contributed by atoms with van der Waals surface area (Å²) >= 11 is 1.51. The molecule has 24 heavy (non-hydrogen) atoms. The van der Waals surface area contributed by atoms with Gasteiger partial charge in [0.1, 0.15) is 0 Å². The molecule has 0 saturated carbocycles. The fraction of sp³-hybridized carbons (Fsp3) is 0.333. The van der Waals surface area contributed by atoms with Gasteiger partial charge >= 0.3 is 0 Å². The van der Waals surface area contributed by atoms with Gasteiger partial charge in [0.25, 0.3) is 11.8 Å². The van der Waals surface area contributed by atoms with Crippen LogP contribution < -0.4 is 5.73 Å². The van der Waals surface area contributed by atoms with E-state index in [1.807, 2.05) is 48.2 Å². The van der Waals surface area contributed by atoms with Crippen molar-refractivity contribution < 1.29 is 9.59 Å². The maximum Gasteiger partial charge on any atom is 0.264 e. The molecule has 1 aliphatic heterocycles. The molecule has 5 nitrogen and oxygen atoms in total. The Bertz CT molecular complexity index is 731. The second-order valence-corrected chi connectivity index (χ2v) is 7.18. The molecule has 2 aromatic rings. The van der Waals surface area contributed by atoms with Crippen LogP contribution in [0, 0.1) is 6.92 Å². The molecule has 1 fully saturated rings. The summed E-state index contributed by atoms with van der Waals surface area (Å²) in [5.74, 6) is 0.0742. The highest BCUT2D eigenvalue weighted by atomic mass is 32.1. The van der Waals surface area contributed by atoms with Gasteiger partial charge in [-0.25, -0.2) is 0 Å². The molecule has 1 aromatic carbocycles. The summed E-state index contributed by atoms with van der Waals surface area (Å²) in [4.78, 5) is 30.5. The summed E-state index contributed by atoms with van der Waals surface area (Å²) in [5, 5.41) is 0. The number of aryl methyl sites for hydroxylation is 1. The summed E-state index contributed by atoms with van der Waals surface area (Å²) in [6.07, 6.45) is 0.